The Morgan fingerprint density at radius 3 is 2.38 bits per heavy atom. The molecule has 0 saturated heterocycles. The van der Waals surface area contributed by atoms with Crippen LogP contribution in [-0.4, -0.2) is 35.8 Å². The lowest BCUT2D eigenvalue weighted by atomic mass is 10.2. The molecule has 0 saturated carbocycles. The number of ether oxygens (including phenoxy) is 2. The molecular formula is C24H19N3O5. The molecule has 0 unspecified atom stereocenters. The second-order valence-corrected chi connectivity index (χ2v) is 6.65. The van der Waals surface area contributed by atoms with Crippen molar-refractivity contribution >= 4 is 17.6 Å². The Labute approximate surface area is 183 Å². The third-order valence-electron chi connectivity index (χ3n) is 4.53. The normalized spacial score (nSPS) is 10.4. The van der Waals surface area contributed by atoms with Gasteiger partial charge in [0.25, 0.3) is 11.8 Å². The summed E-state index contributed by atoms with van der Waals surface area (Å²) < 4.78 is 16.3. The molecule has 3 aromatic carbocycles. The summed E-state index contributed by atoms with van der Waals surface area (Å²) in [6.45, 7) is -0.286. The van der Waals surface area contributed by atoms with Crippen LogP contribution in [0.15, 0.2) is 83.3 Å². The second-order valence-electron chi connectivity index (χ2n) is 6.65. The van der Waals surface area contributed by atoms with Crippen molar-refractivity contribution in [3.8, 4) is 28.7 Å². The van der Waals surface area contributed by atoms with E-state index in [4.69, 9.17) is 13.9 Å². The molecule has 0 radical (unpaired) electrons. The lowest BCUT2D eigenvalue weighted by Crippen LogP contribution is -2.22. The number of carbonyl (C=O) groups is 2. The fourth-order valence-corrected chi connectivity index (χ4v) is 3.01. The highest BCUT2D eigenvalue weighted by Crippen LogP contribution is 2.31. The van der Waals surface area contributed by atoms with E-state index in [0.29, 0.717) is 22.9 Å². The Morgan fingerprint density at radius 1 is 0.875 bits per heavy atom. The van der Waals surface area contributed by atoms with Gasteiger partial charge >= 0.3 is 5.97 Å². The van der Waals surface area contributed by atoms with Crippen molar-refractivity contribution in [1.29, 1.82) is 0 Å². The van der Waals surface area contributed by atoms with Crippen LogP contribution in [0.3, 0.4) is 0 Å². The molecule has 4 rings (SSSR count). The molecule has 0 aliphatic carbocycles. The number of rotatable bonds is 7. The largest absolute Gasteiger partial charge is 0.483 e. The Balaban J connectivity index is 1.47. The minimum absolute atomic E-state index is 0.253. The minimum atomic E-state index is -0.544. The predicted octanol–water partition coefficient (Wildman–Crippen LogP) is 4.21. The van der Waals surface area contributed by atoms with Crippen molar-refractivity contribution < 1.29 is 23.5 Å². The molecule has 8 heteroatoms. The number of esters is 1. The first-order valence-electron chi connectivity index (χ1n) is 9.74. The van der Waals surface area contributed by atoms with Gasteiger partial charge in [0.15, 0.2) is 6.61 Å². The average Bonchev–Trinajstić information content (AvgIpc) is 3.33. The summed E-state index contributed by atoms with van der Waals surface area (Å²) in [5.74, 6) is 0.0834. The maximum atomic E-state index is 12.4. The van der Waals surface area contributed by atoms with Gasteiger partial charge in [-0.2, -0.15) is 0 Å². The van der Waals surface area contributed by atoms with Gasteiger partial charge < -0.3 is 19.2 Å². The first-order valence-corrected chi connectivity index (χ1v) is 9.74. The Bertz CT molecular complexity index is 1240. The molecule has 0 aliphatic rings. The van der Waals surface area contributed by atoms with Crippen LogP contribution in [0.4, 0.5) is 5.69 Å². The van der Waals surface area contributed by atoms with E-state index >= 15 is 0 Å². The molecular weight excluding hydrogens is 410 g/mol. The number of aromatic nitrogens is 2. The van der Waals surface area contributed by atoms with Gasteiger partial charge in [0.05, 0.1) is 23.9 Å². The van der Waals surface area contributed by atoms with Crippen molar-refractivity contribution in [1.82, 2.24) is 10.2 Å². The van der Waals surface area contributed by atoms with E-state index in [1.165, 1.54) is 7.11 Å². The van der Waals surface area contributed by atoms with E-state index in [9.17, 15) is 9.59 Å². The van der Waals surface area contributed by atoms with Crippen LogP contribution >= 0.6 is 0 Å². The van der Waals surface area contributed by atoms with Gasteiger partial charge in [0.2, 0.25) is 5.89 Å². The third kappa shape index (κ3) is 4.65. The maximum Gasteiger partial charge on any atom is 0.339 e. The number of amides is 1. The van der Waals surface area contributed by atoms with E-state index in [0.717, 1.165) is 5.56 Å². The van der Waals surface area contributed by atoms with Gasteiger partial charge in [-0.3, -0.25) is 4.79 Å². The monoisotopic (exact) mass is 429 g/mol. The Hall–Kier alpha value is -4.46. The minimum Gasteiger partial charge on any atom is -0.483 e. The molecule has 0 aliphatic heterocycles. The van der Waals surface area contributed by atoms with E-state index in [2.05, 4.69) is 15.5 Å². The number of hydrogen-bond donors (Lipinski definition) is 1. The van der Waals surface area contributed by atoms with Gasteiger partial charge in [-0.15, -0.1) is 10.2 Å². The zero-order chi connectivity index (χ0) is 22.3. The molecule has 1 heterocycles. The number of nitrogens with one attached hydrogen (secondary N) is 1. The fraction of sp³-hybridized carbons (Fsp3) is 0.0833. The number of hydrogen-bond acceptors (Lipinski definition) is 7. The van der Waals surface area contributed by atoms with Gasteiger partial charge in [0.1, 0.15) is 5.75 Å². The highest BCUT2D eigenvalue weighted by atomic mass is 16.5. The van der Waals surface area contributed by atoms with E-state index in [-0.39, 0.29) is 18.1 Å². The van der Waals surface area contributed by atoms with E-state index < -0.39 is 11.9 Å². The maximum absolute atomic E-state index is 12.4. The molecule has 1 aromatic heterocycles. The van der Waals surface area contributed by atoms with Gasteiger partial charge in [-0.1, -0.05) is 42.5 Å². The molecule has 0 spiro atoms. The lowest BCUT2D eigenvalue weighted by molar-refractivity contribution is -0.118. The quantitative estimate of drug-likeness (QED) is 0.439. The first kappa shape index (κ1) is 20.8. The van der Waals surface area contributed by atoms with Crippen molar-refractivity contribution in [3.05, 3.63) is 84.4 Å². The van der Waals surface area contributed by atoms with E-state index in [1.54, 1.807) is 48.5 Å². The number of benzene rings is 3. The molecule has 1 N–H and O–H groups in total. The predicted molar refractivity (Wildman–Crippen MR) is 117 cm³/mol. The van der Waals surface area contributed by atoms with Crippen LogP contribution in [-0.2, 0) is 9.53 Å². The van der Waals surface area contributed by atoms with E-state index in [1.807, 2.05) is 30.3 Å². The van der Waals surface area contributed by atoms with Gasteiger partial charge in [-0.05, 0) is 36.4 Å². The van der Waals surface area contributed by atoms with Crippen molar-refractivity contribution in [3.63, 3.8) is 0 Å². The summed E-state index contributed by atoms with van der Waals surface area (Å²) in [5, 5.41) is 10.9. The molecule has 0 bridgehead atoms. The summed E-state index contributed by atoms with van der Waals surface area (Å²) in [4.78, 5) is 24.3. The molecule has 4 aromatic rings. The fourth-order valence-electron chi connectivity index (χ4n) is 3.01. The Kier molecular flexibility index (Phi) is 6.22. The standard InChI is InChI=1S/C24H19N3O5/c1-30-24(29)17-11-5-7-13-19(17)25-21(28)15-31-20-14-8-6-12-18(20)23-27-26-22(32-23)16-9-3-2-4-10-16/h2-14H,15H2,1H3,(H,25,28). The van der Waals surface area contributed by atoms with Crippen molar-refractivity contribution in [2.45, 2.75) is 0 Å². The SMILES string of the molecule is COC(=O)c1ccccc1NC(=O)COc1ccccc1-c1nnc(-c2ccccc2)o1. The molecule has 8 nitrogen and oxygen atoms in total. The van der Waals surface area contributed by atoms with Crippen LogP contribution in [0.2, 0.25) is 0 Å². The van der Waals surface area contributed by atoms with Crippen LogP contribution in [0.25, 0.3) is 22.9 Å². The highest BCUT2D eigenvalue weighted by molar-refractivity contribution is 6.01. The zero-order valence-electron chi connectivity index (χ0n) is 17.1. The molecule has 0 fully saturated rings. The summed E-state index contributed by atoms with van der Waals surface area (Å²) in [6, 6.07) is 23.0. The summed E-state index contributed by atoms with van der Waals surface area (Å²) in [7, 11) is 1.28. The number of methoxy groups -OCH3 is 1. The average molecular weight is 429 g/mol. The Morgan fingerprint density at radius 2 is 1.56 bits per heavy atom. The molecule has 1 amide bonds. The van der Waals surface area contributed by atoms with Gasteiger partial charge in [0, 0.05) is 5.56 Å². The molecule has 0 atom stereocenters. The number of anilines is 1. The third-order valence-corrected chi connectivity index (χ3v) is 4.53. The topological polar surface area (TPSA) is 104 Å². The summed E-state index contributed by atoms with van der Waals surface area (Å²) >= 11 is 0. The van der Waals surface area contributed by atoms with Crippen LogP contribution < -0.4 is 10.1 Å². The van der Waals surface area contributed by atoms with Crippen LogP contribution in [0.1, 0.15) is 10.4 Å². The summed E-state index contributed by atoms with van der Waals surface area (Å²) in [5.41, 5.74) is 1.95. The van der Waals surface area contributed by atoms with Crippen LogP contribution in [0.5, 0.6) is 5.75 Å². The van der Waals surface area contributed by atoms with Gasteiger partial charge in [-0.25, -0.2) is 4.79 Å². The molecule has 32 heavy (non-hydrogen) atoms. The first-order chi connectivity index (χ1) is 15.7. The second kappa shape index (κ2) is 9.57. The number of carbonyl (C=O) groups excluding carboxylic acids is 2. The molecule has 160 valence electrons. The van der Waals surface area contributed by atoms with Crippen molar-refractivity contribution in [2.24, 2.45) is 0 Å². The zero-order valence-corrected chi connectivity index (χ0v) is 17.1. The number of nitrogens with zero attached hydrogens (tertiary/aromatic N) is 2. The smallest absolute Gasteiger partial charge is 0.339 e. The number of para-hydroxylation sites is 2. The highest BCUT2D eigenvalue weighted by Gasteiger charge is 2.17. The summed E-state index contributed by atoms with van der Waals surface area (Å²) in [6.07, 6.45) is 0. The van der Waals surface area contributed by atoms with Crippen molar-refractivity contribution in [2.75, 3.05) is 19.0 Å². The van der Waals surface area contributed by atoms with Crippen LogP contribution in [0, 0.1) is 0 Å². The lowest BCUT2D eigenvalue weighted by Gasteiger charge is -2.11.